The molecule has 0 radical (unpaired) electrons. The van der Waals surface area contributed by atoms with Crippen molar-refractivity contribution in [1.82, 2.24) is 5.32 Å². The van der Waals surface area contributed by atoms with E-state index in [1.165, 1.54) is 18.0 Å². The van der Waals surface area contributed by atoms with Gasteiger partial charge in [-0.15, -0.1) is 0 Å². The molecule has 6 nitrogen and oxygen atoms in total. The molecule has 0 bridgehead atoms. The van der Waals surface area contributed by atoms with Crippen LogP contribution in [0.1, 0.15) is 6.42 Å². The van der Waals surface area contributed by atoms with Crippen molar-refractivity contribution in [3.63, 3.8) is 0 Å². The van der Waals surface area contributed by atoms with Crippen LogP contribution in [0.5, 0.6) is 0 Å². The zero-order chi connectivity index (χ0) is 10.4. The number of amides is 1. The van der Waals surface area contributed by atoms with Gasteiger partial charge < -0.3 is 5.11 Å². The molecular weight excluding hydrogens is 206 g/mol. The lowest BCUT2D eigenvalue weighted by Crippen LogP contribution is -2.22. The maximum absolute atomic E-state index is 10.8. The van der Waals surface area contributed by atoms with Gasteiger partial charge >= 0.3 is 5.97 Å². The van der Waals surface area contributed by atoms with E-state index >= 15 is 0 Å². The van der Waals surface area contributed by atoms with Crippen molar-refractivity contribution in [2.75, 3.05) is 12.4 Å². The number of hydrogen-bond acceptors (Lipinski definition) is 5. The van der Waals surface area contributed by atoms with E-state index in [-0.39, 0.29) is 18.9 Å². The van der Waals surface area contributed by atoms with E-state index in [0.717, 1.165) is 0 Å². The van der Waals surface area contributed by atoms with Gasteiger partial charge in [0.15, 0.2) is 5.17 Å². The molecule has 1 aliphatic rings. The Labute approximate surface area is 84.5 Å². The first-order chi connectivity index (χ1) is 6.68. The number of nitrogens with zero attached hydrogens (tertiary/aromatic N) is 2. The Morgan fingerprint density at radius 1 is 1.71 bits per heavy atom. The number of carboxylic acid groups (broad SMARTS) is 1. The number of aliphatic imine (C=N–C) groups is 2. The predicted molar refractivity (Wildman–Crippen MR) is 53.6 cm³/mol. The molecule has 0 spiro atoms. The second kappa shape index (κ2) is 5.51. The number of carbonyl (C=O) groups excluding carboxylic acids is 1. The molecule has 0 aromatic carbocycles. The molecular formula is C7H9N3O3S. The highest BCUT2D eigenvalue weighted by Gasteiger charge is 2.07. The summed E-state index contributed by atoms with van der Waals surface area (Å²) in [7, 11) is 0. The number of aliphatic carboxylic acids is 1. The molecule has 0 saturated carbocycles. The molecule has 2 N–H and O–H groups in total. The quantitative estimate of drug-likeness (QED) is 0.496. The highest BCUT2D eigenvalue weighted by atomic mass is 32.2. The predicted octanol–water partition coefficient (Wildman–Crippen LogP) is -0.292. The Bertz CT molecular complexity index is 301. The van der Waals surface area contributed by atoms with Crippen LogP contribution in [-0.4, -0.2) is 40.8 Å². The standard InChI is InChI=1S/C7H9N3O3S/c11-5-1-2-9-7(10-5)14-4-8-3-6(12)13/h2,8H,1,3-4H2,(H,12,13). The van der Waals surface area contributed by atoms with Crippen LogP contribution in [0.4, 0.5) is 0 Å². The molecule has 0 saturated heterocycles. The molecule has 1 amide bonds. The van der Waals surface area contributed by atoms with E-state index in [0.29, 0.717) is 11.0 Å². The number of thioether (sulfide) groups is 1. The van der Waals surface area contributed by atoms with Crippen molar-refractivity contribution in [3.05, 3.63) is 0 Å². The highest BCUT2D eigenvalue weighted by Crippen LogP contribution is 2.07. The molecule has 0 unspecified atom stereocenters. The third-order valence-electron chi connectivity index (χ3n) is 1.27. The zero-order valence-corrected chi connectivity index (χ0v) is 8.08. The van der Waals surface area contributed by atoms with Gasteiger partial charge in [0.1, 0.15) is 0 Å². The minimum absolute atomic E-state index is 0.113. The fraction of sp³-hybridized carbons (Fsp3) is 0.429. The second-order valence-electron chi connectivity index (χ2n) is 2.41. The summed E-state index contributed by atoms with van der Waals surface area (Å²) in [6.45, 7) is -0.113. The van der Waals surface area contributed by atoms with Gasteiger partial charge in [-0.1, -0.05) is 11.8 Å². The smallest absolute Gasteiger partial charge is 0.317 e. The molecule has 1 heterocycles. The molecule has 1 aliphatic heterocycles. The Morgan fingerprint density at radius 2 is 2.50 bits per heavy atom. The molecule has 0 aliphatic carbocycles. The number of nitrogens with one attached hydrogen (secondary N) is 1. The van der Waals surface area contributed by atoms with E-state index in [9.17, 15) is 9.59 Å². The first-order valence-electron chi connectivity index (χ1n) is 3.88. The largest absolute Gasteiger partial charge is 0.480 e. The van der Waals surface area contributed by atoms with E-state index in [1.54, 1.807) is 0 Å². The number of amidine groups is 1. The Morgan fingerprint density at radius 3 is 3.14 bits per heavy atom. The molecule has 0 aromatic rings. The number of rotatable bonds is 4. The number of carbonyl (C=O) groups is 2. The van der Waals surface area contributed by atoms with Crippen LogP contribution >= 0.6 is 11.8 Å². The monoisotopic (exact) mass is 215 g/mol. The SMILES string of the molecule is O=C(O)CNCSC1=NC(=O)CC=N1. The third-order valence-corrected chi connectivity index (χ3v) is 2.07. The number of carboxylic acids is 1. The van der Waals surface area contributed by atoms with Crippen molar-refractivity contribution in [2.24, 2.45) is 9.98 Å². The van der Waals surface area contributed by atoms with Gasteiger partial charge in [0.25, 0.3) is 5.91 Å². The maximum Gasteiger partial charge on any atom is 0.317 e. The first kappa shape index (κ1) is 10.9. The van der Waals surface area contributed by atoms with Crippen molar-refractivity contribution in [1.29, 1.82) is 0 Å². The Hall–Kier alpha value is -1.21. The van der Waals surface area contributed by atoms with E-state index in [1.807, 2.05) is 0 Å². The molecule has 14 heavy (non-hydrogen) atoms. The van der Waals surface area contributed by atoms with Crippen molar-refractivity contribution in [2.45, 2.75) is 6.42 Å². The van der Waals surface area contributed by atoms with Crippen LogP contribution < -0.4 is 5.32 Å². The Balaban J connectivity index is 2.21. The average Bonchev–Trinajstić information content (AvgIpc) is 2.12. The summed E-state index contributed by atoms with van der Waals surface area (Å²) in [5.41, 5.74) is 0. The molecule has 0 aromatic heterocycles. The van der Waals surface area contributed by atoms with Crippen molar-refractivity contribution in [3.8, 4) is 0 Å². The zero-order valence-electron chi connectivity index (χ0n) is 7.27. The normalized spacial score (nSPS) is 15.4. The molecule has 1 rings (SSSR count). The van der Waals surface area contributed by atoms with Crippen LogP contribution in [0, 0.1) is 0 Å². The fourth-order valence-electron chi connectivity index (χ4n) is 0.726. The average molecular weight is 215 g/mol. The van der Waals surface area contributed by atoms with Gasteiger partial charge in [0.2, 0.25) is 0 Å². The van der Waals surface area contributed by atoms with Crippen LogP contribution in [0.15, 0.2) is 9.98 Å². The maximum atomic E-state index is 10.8. The summed E-state index contributed by atoms with van der Waals surface area (Å²) in [5, 5.41) is 11.3. The first-order valence-corrected chi connectivity index (χ1v) is 4.86. The third kappa shape index (κ3) is 4.15. The summed E-state index contributed by atoms with van der Waals surface area (Å²) >= 11 is 1.20. The van der Waals surface area contributed by atoms with Crippen LogP contribution in [0.25, 0.3) is 0 Å². The van der Waals surface area contributed by atoms with Crippen LogP contribution in [-0.2, 0) is 9.59 Å². The fourth-order valence-corrected chi connectivity index (χ4v) is 1.37. The molecule has 0 fully saturated rings. The van der Waals surface area contributed by atoms with Gasteiger partial charge in [0, 0.05) is 6.21 Å². The van der Waals surface area contributed by atoms with Crippen molar-refractivity contribution >= 4 is 35.0 Å². The van der Waals surface area contributed by atoms with Crippen molar-refractivity contribution < 1.29 is 14.7 Å². The van der Waals surface area contributed by atoms with Gasteiger partial charge in [-0.3, -0.25) is 14.9 Å². The van der Waals surface area contributed by atoms with E-state index < -0.39 is 5.97 Å². The van der Waals surface area contributed by atoms with Gasteiger partial charge in [-0.05, 0) is 0 Å². The molecule has 7 heteroatoms. The van der Waals surface area contributed by atoms with Crippen LogP contribution in [0.3, 0.4) is 0 Å². The second-order valence-corrected chi connectivity index (χ2v) is 3.36. The summed E-state index contributed by atoms with van der Waals surface area (Å²) in [6.07, 6.45) is 1.74. The minimum atomic E-state index is -0.921. The minimum Gasteiger partial charge on any atom is -0.480 e. The lowest BCUT2D eigenvalue weighted by molar-refractivity contribution is -0.135. The van der Waals surface area contributed by atoms with E-state index in [4.69, 9.17) is 5.11 Å². The summed E-state index contributed by atoms with van der Waals surface area (Å²) in [5.74, 6) is -0.771. The molecule has 0 atom stereocenters. The van der Waals surface area contributed by atoms with E-state index in [2.05, 4.69) is 15.3 Å². The lowest BCUT2D eigenvalue weighted by atomic mass is 10.4. The topological polar surface area (TPSA) is 91.1 Å². The van der Waals surface area contributed by atoms with Gasteiger partial charge in [-0.25, -0.2) is 4.99 Å². The summed E-state index contributed by atoms with van der Waals surface area (Å²) < 4.78 is 0. The lowest BCUT2D eigenvalue weighted by Gasteiger charge is -2.03. The summed E-state index contributed by atoms with van der Waals surface area (Å²) in [4.78, 5) is 28.5. The highest BCUT2D eigenvalue weighted by molar-refractivity contribution is 8.13. The van der Waals surface area contributed by atoms with Crippen LogP contribution in [0.2, 0.25) is 0 Å². The molecule has 76 valence electrons. The Kier molecular flexibility index (Phi) is 4.27. The summed E-state index contributed by atoms with van der Waals surface area (Å²) in [6, 6.07) is 0. The number of hydrogen-bond donors (Lipinski definition) is 2. The van der Waals surface area contributed by atoms with Gasteiger partial charge in [-0.2, -0.15) is 4.99 Å². The van der Waals surface area contributed by atoms with Gasteiger partial charge in [0.05, 0.1) is 18.8 Å².